The number of fused-ring (bicyclic) bond motifs is 1. The molecule has 7 aromatic rings. The summed E-state index contributed by atoms with van der Waals surface area (Å²) in [6.07, 6.45) is 2.57. The zero-order valence-electron chi connectivity index (χ0n) is 37.0. The molecule has 0 bridgehead atoms. The molecule has 3 aromatic carbocycles. The molecular formula is C46H44BF3N6O9S. The summed E-state index contributed by atoms with van der Waals surface area (Å²) in [5.41, 5.74) is 3.51. The van der Waals surface area contributed by atoms with E-state index in [0.717, 1.165) is 22.5 Å². The lowest BCUT2D eigenvalue weighted by Crippen LogP contribution is -2.43. The molecule has 1 fully saturated rings. The van der Waals surface area contributed by atoms with E-state index in [1.165, 1.54) is 42.6 Å². The van der Waals surface area contributed by atoms with Gasteiger partial charge in [-0.3, -0.25) is 14.5 Å². The van der Waals surface area contributed by atoms with E-state index in [4.69, 9.17) is 18.4 Å². The van der Waals surface area contributed by atoms with Gasteiger partial charge in [-0.2, -0.15) is 4.39 Å². The van der Waals surface area contributed by atoms with Crippen LogP contribution in [0.5, 0.6) is 0 Å². The van der Waals surface area contributed by atoms with E-state index in [2.05, 4.69) is 30.3 Å². The number of carbonyl (C=O) groups excluding carboxylic acids is 1. The fraction of sp³-hybridized carbons (Fsp3) is 0.261. The average molecular weight is 925 g/mol. The van der Waals surface area contributed by atoms with Gasteiger partial charge in [-0.1, -0.05) is 40.6 Å². The number of hydrogen-bond acceptors (Lipinski definition) is 12. The van der Waals surface area contributed by atoms with Gasteiger partial charge in [0.2, 0.25) is 5.95 Å². The Bertz CT molecular complexity index is 3030. The number of carboxylic acid groups (broad SMARTS) is 1. The number of nitrogens with zero attached hydrogens (tertiary/aromatic N) is 4. The predicted molar refractivity (Wildman–Crippen MR) is 238 cm³/mol. The normalized spacial score (nSPS) is 14.7. The van der Waals surface area contributed by atoms with Crippen LogP contribution in [0.25, 0.3) is 33.2 Å². The molecule has 0 spiro atoms. The molecule has 1 amide bonds. The Kier molecular flexibility index (Phi) is 13.0. The number of sulfonamides is 1. The summed E-state index contributed by atoms with van der Waals surface area (Å²) in [6, 6.07) is 14.4. The van der Waals surface area contributed by atoms with Gasteiger partial charge in [0, 0.05) is 46.9 Å². The smallest absolute Gasteiger partial charge is 0.480 e. The Balaban J connectivity index is 0.000000340. The van der Waals surface area contributed by atoms with Crippen LogP contribution >= 0.6 is 0 Å². The van der Waals surface area contributed by atoms with Crippen molar-refractivity contribution in [2.75, 3.05) is 4.72 Å². The standard InChI is InChI=1S/C35H26F3N5O6S.C11H18BNO3/c1-18-31(19(2)49-42-18)26-10-7-22(25-4-3-12-40-33(25)26)14-29(35(45)46)41-34(44)32-27(36)16-23(17-28(32)37)43-50(47,48)24-8-5-20(6-9-24)21-11-13-39-30(38)15-21;1-7-9(8(2)14-13-7)12-15-10(3,4)11(5,6)16-12/h3-13,15-17,29,43H,14H2,1-2H3,(H,41,44)(H,45,46);1-6H3/t29-;/m0./s1. The summed E-state index contributed by atoms with van der Waals surface area (Å²) < 4.78 is 94.2. The Hall–Kier alpha value is -6.90. The first-order valence-electron chi connectivity index (χ1n) is 20.4. The highest BCUT2D eigenvalue weighted by Crippen LogP contribution is 2.37. The number of anilines is 1. The van der Waals surface area contributed by atoms with Crippen LogP contribution in [-0.4, -0.2) is 70.0 Å². The number of pyridine rings is 2. The molecule has 66 heavy (non-hydrogen) atoms. The lowest BCUT2D eigenvalue weighted by Gasteiger charge is -2.32. The average Bonchev–Trinajstić information content (AvgIpc) is 3.84. The predicted octanol–water partition coefficient (Wildman–Crippen LogP) is 7.80. The molecule has 0 saturated carbocycles. The van der Waals surface area contributed by atoms with Crippen LogP contribution in [0.1, 0.15) is 66.5 Å². The molecule has 1 saturated heterocycles. The first-order chi connectivity index (χ1) is 31.1. The topological polar surface area (TPSA) is 209 Å². The molecule has 0 radical (unpaired) electrons. The summed E-state index contributed by atoms with van der Waals surface area (Å²) >= 11 is 0. The minimum absolute atomic E-state index is 0.259. The molecule has 8 rings (SSSR count). The minimum atomic E-state index is -4.35. The molecule has 1 aliphatic heterocycles. The van der Waals surface area contributed by atoms with E-state index in [0.29, 0.717) is 56.7 Å². The summed E-state index contributed by atoms with van der Waals surface area (Å²) in [4.78, 5) is 33.0. The van der Waals surface area contributed by atoms with Crippen LogP contribution in [0, 0.1) is 45.3 Å². The Morgan fingerprint density at radius 3 is 2.00 bits per heavy atom. The zero-order valence-corrected chi connectivity index (χ0v) is 37.8. The third-order valence-electron chi connectivity index (χ3n) is 11.5. The molecule has 1 atom stereocenters. The maximum Gasteiger partial charge on any atom is 0.500 e. The Morgan fingerprint density at radius 1 is 0.788 bits per heavy atom. The van der Waals surface area contributed by atoms with E-state index >= 15 is 8.78 Å². The van der Waals surface area contributed by atoms with E-state index in [1.54, 1.807) is 44.3 Å². The molecule has 3 N–H and O–H groups in total. The van der Waals surface area contributed by atoms with Crippen LogP contribution in [-0.2, 0) is 30.5 Å². The van der Waals surface area contributed by atoms with Crippen molar-refractivity contribution in [1.29, 1.82) is 0 Å². The molecule has 1 aliphatic rings. The Labute approximate surface area is 377 Å². The van der Waals surface area contributed by atoms with Crippen molar-refractivity contribution in [3.63, 3.8) is 0 Å². The number of rotatable bonds is 11. The van der Waals surface area contributed by atoms with Crippen LogP contribution < -0.4 is 15.5 Å². The lowest BCUT2D eigenvalue weighted by molar-refractivity contribution is -0.139. The molecule has 0 aliphatic carbocycles. The van der Waals surface area contributed by atoms with Gasteiger partial charge in [0.25, 0.3) is 15.9 Å². The molecular weight excluding hydrogens is 880 g/mol. The number of hydrogen-bond donors (Lipinski definition) is 3. The van der Waals surface area contributed by atoms with Crippen LogP contribution in [0.3, 0.4) is 0 Å². The van der Waals surface area contributed by atoms with Crippen molar-refractivity contribution >= 4 is 51.1 Å². The fourth-order valence-corrected chi connectivity index (χ4v) is 8.43. The van der Waals surface area contributed by atoms with Crippen LogP contribution in [0.2, 0.25) is 0 Å². The number of benzene rings is 3. The van der Waals surface area contributed by atoms with E-state index in [1.807, 2.05) is 41.5 Å². The number of aromatic nitrogens is 4. The van der Waals surface area contributed by atoms with Gasteiger partial charge in [-0.05, 0) is 108 Å². The largest absolute Gasteiger partial charge is 0.500 e. The third kappa shape index (κ3) is 9.56. The quantitative estimate of drug-likeness (QED) is 0.0837. The zero-order chi connectivity index (χ0) is 47.9. The molecule has 0 unspecified atom stereocenters. The SMILES string of the molecule is Cc1noc(C)c1-c1ccc(C[C@H](NC(=O)c2c(F)cc(NS(=O)(=O)c3ccc(-c4ccnc(F)c4)cc3)cc2F)C(=O)O)c2cccnc12.Cc1noc(C)c1B1OC(C)(C)C(C)(C)O1. The van der Waals surface area contributed by atoms with Gasteiger partial charge in [0.1, 0.15) is 34.8 Å². The number of nitrogens with one attached hydrogen (secondary N) is 2. The highest BCUT2D eigenvalue weighted by molar-refractivity contribution is 7.92. The van der Waals surface area contributed by atoms with E-state index in [-0.39, 0.29) is 29.6 Å². The van der Waals surface area contributed by atoms with Gasteiger partial charge in [-0.25, -0.2) is 27.0 Å². The maximum absolute atomic E-state index is 15.2. The highest BCUT2D eigenvalue weighted by Gasteiger charge is 2.53. The van der Waals surface area contributed by atoms with E-state index < -0.39 is 56.8 Å². The first-order valence-corrected chi connectivity index (χ1v) is 21.9. The second-order valence-electron chi connectivity index (χ2n) is 16.6. The molecule has 4 aromatic heterocycles. The number of aryl methyl sites for hydroxylation is 4. The summed E-state index contributed by atoms with van der Waals surface area (Å²) in [7, 11) is -4.73. The van der Waals surface area contributed by atoms with Crippen molar-refractivity contribution < 1.29 is 54.6 Å². The summed E-state index contributed by atoms with van der Waals surface area (Å²) in [5, 5.41) is 20.6. The summed E-state index contributed by atoms with van der Waals surface area (Å²) in [6.45, 7) is 15.4. The Morgan fingerprint density at radius 2 is 1.42 bits per heavy atom. The molecule has 20 heteroatoms. The van der Waals surface area contributed by atoms with Gasteiger partial charge in [0.05, 0.1) is 38.7 Å². The number of amides is 1. The van der Waals surface area contributed by atoms with Crippen molar-refractivity contribution in [3.05, 3.63) is 137 Å². The number of aliphatic carboxylic acids is 1. The number of carbonyl (C=O) groups is 2. The van der Waals surface area contributed by atoms with E-state index in [9.17, 15) is 27.5 Å². The van der Waals surface area contributed by atoms with Gasteiger partial charge in [0.15, 0.2) is 0 Å². The minimum Gasteiger partial charge on any atom is -0.480 e. The van der Waals surface area contributed by atoms with Crippen LogP contribution in [0.4, 0.5) is 18.9 Å². The first kappa shape index (κ1) is 47.1. The number of halogens is 3. The molecule has 15 nitrogen and oxygen atoms in total. The summed E-state index contributed by atoms with van der Waals surface area (Å²) in [5.74, 6) is -5.08. The van der Waals surface area contributed by atoms with Crippen molar-refractivity contribution in [1.82, 2.24) is 25.6 Å². The highest BCUT2D eigenvalue weighted by atomic mass is 32.2. The monoisotopic (exact) mass is 924 g/mol. The second kappa shape index (κ2) is 18.2. The van der Waals surface area contributed by atoms with Gasteiger partial charge >= 0.3 is 13.1 Å². The maximum atomic E-state index is 15.2. The molecule has 342 valence electrons. The van der Waals surface area contributed by atoms with Crippen LogP contribution in [0.15, 0.2) is 99.1 Å². The van der Waals surface area contributed by atoms with Crippen molar-refractivity contribution in [3.8, 4) is 22.3 Å². The number of carboxylic acids is 1. The second-order valence-corrected chi connectivity index (χ2v) is 18.3. The van der Waals surface area contributed by atoms with Crippen molar-refractivity contribution in [2.24, 2.45) is 0 Å². The van der Waals surface area contributed by atoms with Gasteiger partial charge < -0.3 is 28.8 Å². The fourth-order valence-electron chi connectivity index (χ4n) is 7.39. The van der Waals surface area contributed by atoms with Crippen molar-refractivity contribution in [2.45, 2.75) is 84.0 Å². The third-order valence-corrected chi connectivity index (χ3v) is 12.9. The lowest BCUT2D eigenvalue weighted by atomic mass is 9.77. The molecule has 5 heterocycles. The van der Waals surface area contributed by atoms with Gasteiger partial charge in [-0.15, -0.1) is 0 Å².